The van der Waals surface area contributed by atoms with E-state index < -0.39 is 0 Å². The topological polar surface area (TPSA) is 24.5 Å². The number of halogens is 1. The molecule has 0 fully saturated rings. The average Bonchev–Trinajstić information content (AvgIpc) is 2.49. The van der Waals surface area contributed by atoms with Crippen molar-refractivity contribution in [2.45, 2.75) is 40.2 Å². The number of hydrogen-bond donors (Lipinski definition) is 1. The first-order valence-corrected chi connectivity index (χ1v) is 8.38. The summed E-state index contributed by atoms with van der Waals surface area (Å²) in [5, 5.41) is 4.22. The van der Waals surface area contributed by atoms with Crippen LogP contribution in [0.4, 0.5) is 0 Å². The van der Waals surface area contributed by atoms with Gasteiger partial charge in [0.05, 0.1) is 0 Å². The summed E-state index contributed by atoms with van der Waals surface area (Å²) in [6, 6.07) is 6.25. The van der Waals surface area contributed by atoms with Crippen molar-refractivity contribution >= 4 is 11.6 Å². The predicted octanol–water partition coefficient (Wildman–Crippen LogP) is 4.12. The molecule has 0 aromatic heterocycles. The van der Waals surface area contributed by atoms with Crippen LogP contribution in [-0.2, 0) is 0 Å². The zero-order valence-electron chi connectivity index (χ0n) is 13.8. The molecule has 1 atom stereocenters. The van der Waals surface area contributed by atoms with Crippen LogP contribution in [-0.4, -0.2) is 37.7 Å². The Bertz CT molecular complexity index is 408. The second-order valence-electron chi connectivity index (χ2n) is 5.23. The minimum atomic E-state index is 0.266. The minimum absolute atomic E-state index is 0.266. The Morgan fingerprint density at radius 2 is 1.95 bits per heavy atom. The molecular weight excluding hydrogens is 284 g/mol. The third kappa shape index (κ3) is 6.25. The van der Waals surface area contributed by atoms with E-state index >= 15 is 0 Å². The lowest BCUT2D eigenvalue weighted by Gasteiger charge is -2.19. The van der Waals surface area contributed by atoms with E-state index in [1.165, 1.54) is 0 Å². The van der Waals surface area contributed by atoms with Crippen molar-refractivity contribution < 1.29 is 4.74 Å². The van der Waals surface area contributed by atoms with Crippen LogP contribution in [0.1, 0.15) is 45.7 Å². The standard InChI is InChI=1S/C17H29ClN2O/c1-5-10-19-14(4)16-9-8-15(13-17(16)18)21-12-11-20(6-2)7-3/h8-9,13-14,19H,5-7,10-12H2,1-4H3. The molecule has 0 amide bonds. The Kier molecular flexibility index (Phi) is 8.74. The number of hydrogen-bond acceptors (Lipinski definition) is 3. The van der Waals surface area contributed by atoms with Crippen LogP contribution in [0.2, 0.25) is 5.02 Å². The maximum absolute atomic E-state index is 6.37. The lowest BCUT2D eigenvalue weighted by molar-refractivity contribution is 0.223. The highest BCUT2D eigenvalue weighted by molar-refractivity contribution is 6.31. The molecule has 4 heteroatoms. The van der Waals surface area contributed by atoms with Gasteiger partial charge in [0.2, 0.25) is 0 Å². The fourth-order valence-corrected chi connectivity index (χ4v) is 2.59. The highest BCUT2D eigenvalue weighted by Gasteiger charge is 2.10. The molecule has 0 bridgehead atoms. The van der Waals surface area contributed by atoms with Crippen molar-refractivity contribution in [3.8, 4) is 5.75 Å². The van der Waals surface area contributed by atoms with Crippen LogP contribution in [0.15, 0.2) is 18.2 Å². The summed E-state index contributed by atoms with van der Waals surface area (Å²) >= 11 is 6.37. The number of benzene rings is 1. The molecule has 0 saturated heterocycles. The van der Waals surface area contributed by atoms with Crippen LogP contribution in [0.3, 0.4) is 0 Å². The highest BCUT2D eigenvalue weighted by Crippen LogP contribution is 2.27. The second-order valence-corrected chi connectivity index (χ2v) is 5.64. The van der Waals surface area contributed by atoms with Gasteiger partial charge in [0, 0.05) is 17.6 Å². The van der Waals surface area contributed by atoms with E-state index in [1.54, 1.807) is 0 Å². The van der Waals surface area contributed by atoms with Gasteiger partial charge in [-0.15, -0.1) is 0 Å². The molecule has 0 aliphatic heterocycles. The van der Waals surface area contributed by atoms with Gasteiger partial charge in [0.15, 0.2) is 0 Å². The predicted molar refractivity (Wildman–Crippen MR) is 91.4 cm³/mol. The smallest absolute Gasteiger partial charge is 0.120 e. The van der Waals surface area contributed by atoms with E-state index in [0.717, 1.165) is 48.9 Å². The summed E-state index contributed by atoms with van der Waals surface area (Å²) < 4.78 is 5.79. The molecule has 1 N–H and O–H groups in total. The van der Waals surface area contributed by atoms with Crippen molar-refractivity contribution in [2.75, 3.05) is 32.8 Å². The summed E-state index contributed by atoms with van der Waals surface area (Å²) in [7, 11) is 0. The minimum Gasteiger partial charge on any atom is -0.492 e. The van der Waals surface area contributed by atoms with E-state index in [-0.39, 0.29) is 6.04 Å². The summed E-state index contributed by atoms with van der Waals surface area (Å²) in [6.45, 7) is 13.4. The van der Waals surface area contributed by atoms with Crippen molar-refractivity contribution in [3.63, 3.8) is 0 Å². The van der Waals surface area contributed by atoms with E-state index in [0.29, 0.717) is 6.61 Å². The Morgan fingerprint density at radius 3 is 2.52 bits per heavy atom. The largest absolute Gasteiger partial charge is 0.492 e. The third-order valence-electron chi connectivity index (χ3n) is 3.71. The number of nitrogens with zero attached hydrogens (tertiary/aromatic N) is 1. The lowest BCUT2D eigenvalue weighted by atomic mass is 10.1. The molecule has 0 aliphatic rings. The van der Waals surface area contributed by atoms with Gasteiger partial charge in [0.1, 0.15) is 12.4 Å². The first-order valence-electron chi connectivity index (χ1n) is 8.00. The molecule has 21 heavy (non-hydrogen) atoms. The Labute approximate surface area is 134 Å². The first kappa shape index (κ1) is 18.3. The van der Waals surface area contributed by atoms with E-state index in [9.17, 15) is 0 Å². The molecule has 0 saturated carbocycles. The van der Waals surface area contributed by atoms with Crippen molar-refractivity contribution in [2.24, 2.45) is 0 Å². The maximum Gasteiger partial charge on any atom is 0.120 e. The van der Waals surface area contributed by atoms with E-state index in [4.69, 9.17) is 16.3 Å². The van der Waals surface area contributed by atoms with Crippen LogP contribution < -0.4 is 10.1 Å². The quantitative estimate of drug-likeness (QED) is 0.703. The highest BCUT2D eigenvalue weighted by atomic mass is 35.5. The summed E-state index contributed by atoms with van der Waals surface area (Å²) in [6.07, 6.45) is 1.12. The Hall–Kier alpha value is -0.770. The zero-order chi connectivity index (χ0) is 15.7. The monoisotopic (exact) mass is 312 g/mol. The number of likely N-dealkylation sites (N-methyl/N-ethyl adjacent to an activating group) is 1. The lowest BCUT2D eigenvalue weighted by Crippen LogP contribution is -2.27. The van der Waals surface area contributed by atoms with Gasteiger partial charge in [0.25, 0.3) is 0 Å². The molecular formula is C17H29ClN2O. The van der Waals surface area contributed by atoms with Crippen molar-refractivity contribution in [3.05, 3.63) is 28.8 Å². The van der Waals surface area contributed by atoms with Gasteiger partial charge in [-0.1, -0.05) is 38.4 Å². The van der Waals surface area contributed by atoms with Crippen LogP contribution in [0.25, 0.3) is 0 Å². The van der Waals surface area contributed by atoms with Gasteiger partial charge in [-0.2, -0.15) is 0 Å². The number of nitrogens with one attached hydrogen (secondary N) is 1. The zero-order valence-corrected chi connectivity index (χ0v) is 14.5. The van der Waals surface area contributed by atoms with Crippen LogP contribution in [0, 0.1) is 0 Å². The molecule has 1 rings (SSSR count). The summed E-state index contributed by atoms with van der Waals surface area (Å²) in [4.78, 5) is 2.34. The molecule has 0 spiro atoms. The normalized spacial score (nSPS) is 12.7. The van der Waals surface area contributed by atoms with Gasteiger partial charge in [-0.05, 0) is 50.7 Å². The molecule has 0 heterocycles. The molecule has 0 radical (unpaired) electrons. The average molecular weight is 313 g/mol. The number of rotatable bonds is 10. The molecule has 120 valence electrons. The van der Waals surface area contributed by atoms with Gasteiger partial charge in [-0.3, -0.25) is 0 Å². The van der Waals surface area contributed by atoms with E-state index in [2.05, 4.69) is 44.0 Å². The Balaban J connectivity index is 2.53. The fourth-order valence-electron chi connectivity index (χ4n) is 2.25. The molecule has 3 nitrogen and oxygen atoms in total. The molecule has 1 unspecified atom stereocenters. The van der Waals surface area contributed by atoms with Crippen molar-refractivity contribution in [1.29, 1.82) is 0 Å². The van der Waals surface area contributed by atoms with Crippen molar-refractivity contribution in [1.82, 2.24) is 10.2 Å². The van der Waals surface area contributed by atoms with Gasteiger partial charge in [-0.25, -0.2) is 0 Å². The van der Waals surface area contributed by atoms with Crippen LogP contribution in [0.5, 0.6) is 5.75 Å². The van der Waals surface area contributed by atoms with Gasteiger partial charge < -0.3 is 15.0 Å². The summed E-state index contributed by atoms with van der Waals surface area (Å²) in [5.41, 5.74) is 1.13. The maximum atomic E-state index is 6.37. The molecule has 0 aliphatic carbocycles. The first-order chi connectivity index (χ1) is 10.1. The molecule has 1 aromatic rings. The fraction of sp³-hybridized carbons (Fsp3) is 0.647. The number of ether oxygens (including phenoxy) is 1. The Morgan fingerprint density at radius 1 is 1.24 bits per heavy atom. The van der Waals surface area contributed by atoms with Gasteiger partial charge >= 0.3 is 0 Å². The second kappa shape index (κ2) is 10.0. The third-order valence-corrected chi connectivity index (χ3v) is 4.04. The van der Waals surface area contributed by atoms with Crippen LogP contribution >= 0.6 is 11.6 Å². The molecule has 1 aromatic carbocycles. The SMILES string of the molecule is CCCNC(C)c1ccc(OCCN(CC)CC)cc1Cl. The summed E-state index contributed by atoms with van der Waals surface area (Å²) in [5.74, 6) is 0.846. The van der Waals surface area contributed by atoms with E-state index in [1.807, 2.05) is 12.1 Å².